The van der Waals surface area contributed by atoms with Crippen molar-refractivity contribution in [2.45, 2.75) is 25.7 Å². The van der Waals surface area contributed by atoms with E-state index in [1.54, 1.807) is 11.3 Å². The van der Waals surface area contributed by atoms with Crippen LogP contribution in [0.25, 0.3) is 17.2 Å². The Morgan fingerprint density at radius 1 is 1.22 bits per heavy atom. The first-order valence-corrected chi connectivity index (χ1v) is 8.51. The van der Waals surface area contributed by atoms with Crippen LogP contribution in [0, 0.1) is 0 Å². The molecule has 0 amide bonds. The van der Waals surface area contributed by atoms with E-state index in [1.807, 2.05) is 6.07 Å². The van der Waals surface area contributed by atoms with Crippen molar-refractivity contribution >= 4 is 29.2 Å². The Morgan fingerprint density at radius 3 is 2.83 bits per heavy atom. The van der Waals surface area contributed by atoms with Gasteiger partial charge in [-0.2, -0.15) is 11.3 Å². The number of ether oxygens (including phenoxy) is 1. The zero-order valence-corrected chi connectivity index (χ0v) is 14.0. The summed E-state index contributed by atoms with van der Waals surface area (Å²) in [4.78, 5) is 22.5. The maximum absolute atomic E-state index is 11.5. The molecule has 0 aliphatic carbocycles. The zero-order valence-electron chi connectivity index (χ0n) is 13.2. The third-order valence-electron chi connectivity index (χ3n) is 3.45. The first kappa shape index (κ1) is 17.2. The highest BCUT2D eigenvalue weighted by molar-refractivity contribution is 7.08. The van der Waals surface area contributed by atoms with Crippen molar-refractivity contribution in [1.29, 1.82) is 0 Å². The number of rotatable bonds is 8. The number of thiophene rings is 1. The Kier molecular flexibility index (Phi) is 6.76. The number of benzene rings is 1. The molecule has 0 aliphatic heterocycles. The molecule has 1 heterocycles. The maximum Gasteiger partial charge on any atom is 0.313 e. The predicted molar refractivity (Wildman–Crippen MR) is 94.3 cm³/mol. The lowest BCUT2D eigenvalue weighted by Gasteiger charge is -2.00. The summed E-state index contributed by atoms with van der Waals surface area (Å²) in [6, 6.07) is 10.5. The van der Waals surface area contributed by atoms with Gasteiger partial charge in [0.15, 0.2) is 0 Å². The van der Waals surface area contributed by atoms with Crippen LogP contribution in [-0.4, -0.2) is 18.9 Å². The van der Waals surface area contributed by atoms with Gasteiger partial charge in [-0.05, 0) is 52.4 Å². The normalized spacial score (nSPS) is 10.8. The third kappa shape index (κ3) is 5.83. The number of methoxy groups -OCH3 is 1. The van der Waals surface area contributed by atoms with Crippen LogP contribution >= 0.6 is 11.3 Å². The quantitative estimate of drug-likeness (QED) is 0.400. The van der Waals surface area contributed by atoms with Crippen LogP contribution in [0.3, 0.4) is 0 Å². The van der Waals surface area contributed by atoms with E-state index in [4.69, 9.17) is 0 Å². The second-order valence-corrected chi connectivity index (χ2v) is 6.00. The van der Waals surface area contributed by atoms with Crippen LogP contribution in [0.15, 0.2) is 47.2 Å². The van der Waals surface area contributed by atoms with Crippen molar-refractivity contribution in [3.05, 3.63) is 52.7 Å². The number of esters is 1. The van der Waals surface area contributed by atoms with Crippen LogP contribution in [0.5, 0.6) is 0 Å². The molecule has 0 radical (unpaired) electrons. The minimum absolute atomic E-state index is 0.0651. The summed E-state index contributed by atoms with van der Waals surface area (Å²) in [7, 11) is 1.29. The minimum Gasteiger partial charge on any atom is -0.469 e. The lowest BCUT2D eigenvalue weighted by atomic mass is 10.0. The lowest BCUT2D eigenvalue weighted by Crippen LogP contribution is -2.08. The number of Topliss-reactive ketones (excluding diaryl/α,β-unsaturated/α-hetero) is 1. The van der Waals surface area contributed by atoms with Gasteiger partial charge < -0.3 is 4.74 Å². The highest BCUT2D eigenvalue weighted by Crippen LogP contribution is 2.23. The highest BCUT2D eigenvalue weighted by Gasteiger charge is 2.08. The van der Waals surface area contributed by atoms with E-state index in [2.05, 4.69) is 51.9 Å². The molecule has 1 aromatic carbocycles. The number of allylic oxidation sites excluding steroid dienone is 1. The average Bonchev–Trinajstić information content (AvgIpc) is 3.09. The first-order valence-electron chi connectivity index (χ1n) is 7.56. The summed E-state index contributed by atoms with van der Waals surface area (Å²) < 4.78 is 4.47. The number of hydrogen-bond acceptors (Lipinski definition) is 4. The average molecular weight is 328 g/mol. The molecule has 0 spiro atoms. The van der Waals surface area contributed by atoms with Crippen LogP contribution in [0.4, 0.5) is 0 Å². The van der Waals surface area contributed by atoms with Crippen LogP contribution < -0.4 is 0 Å². The fourth-order valence-electron chi connectivity index (χ4n) is 2.21. The topological polar surface area (TPSA) is 43.4 Å². The molecular weight excluding hydrogens is 308 g/mol. The number of carbonyl (C=O) groups excluding carboxylic acids is 2. The van der Waals surface area contributed by atoms with Gasteiger partial charge in [-0.1, -0.05) is 30.4 Å². The summed E-state index contributed by atoms with van der Waals surface area (Å²) in [6.45, 7) is 0. The molecule has 23 heavy (non-hydrogen) atoms. The SMILES string of the molecule is COC(=O)CC(=O)CCCC=Cc1cccc(-c2ccsc2)c1. The van der Waals surface area contributed by atoms with E-state index >= 15 is 0 Å². The summed E-state index contributed by atoms with van der Waals surface area (Å²) in [5.74, 6) is -0.527. The molecule has 0 bridgehead atoms. The van der Waals surface area contributed by atoms with Crippen molar-refractivity contribution in [3.8, 4) is 11.1 Å². The molecule has 0 saturated heterocycles. The molecule has 0 N–H and O–H groups in total. The molecule has 0 saturated carbocycles. The molecule has 0 fully saturated rings. The summed E-state index contributed by atoms with van der Waals surface area (Å²) in [5, 5.41) is 4.21. The van der Waals surface area contributed by atoms with Crippen molar-refractivity contribution < 1.29 is 14.3 Å². The van der Waals surface area contributed by atoms with Gasteiger partial charge in [-0.3, -0.25) is 9.59 Å². The molecule has 2 aromatic rings. The third-order valence-corrected chi connectivity index (χ3v) is 4.13. The first-order chi connectivity index (χ1) is 11.2. The maximum atomic E-state index is 11.5. The van der Waals surface area contributed by atoms with Gasteiger partial charge in [-0.25, -0.2) is 0 Å². The standard InChI is InChI=1S/C19H20O3S/c1-22-19(21)13-18(20)9-4-2-3-6-15-7-5-8-16(12-15)17-10-11-23-14-17/h3,5-8,10-12,14H,2,4,9,13H2,1H3. The number of unbranched alkanes of at least 4 members (excludes halogenated alkanes) is 1. The number of ketones is 1. The van der Waals surface area contributed by atoms with Gasteiger partial charge >= 0.3 is 5.97 Å². The van der Waals surface area contributed by atoms with Gasteiger partial charge in [0.2, 0.25) is 0 Å². The molecule has 4 heteroatoms. The molecule has 2 rings (SSSR count). The van der Waals surface area contributed by atoms with Crippen LogP contribution in [0.1, 0.15) is 31.2 Å². The van der Waals surface area contributed by atoms with E-state index in [-0.39, 0.29) is 12.2 Å². The Bertz CT molecular complexity index is 672. The van der Waals surface area contributed by atoms with E-state index in [1.165, 1.54) is 18.2 Å². The predicted octanol–water partition coefficient (Wildman–Crippen LogP) is 4.73. The van der Waals surface area contributed by atoms with Gasteiger partial charge in [-0.15, -0.1) is 0 Å². The van der Waals surface area contributed by atoms with Gasteiger partial charge in [0.25, 0.3) is 0 Å². The van der Waals surface area contributed by atoms with Gasteiger partial charge in [0.1, 0.15) is 12.2 Å². The van der Waals surface area contributed by atoms with E-state index in [0.29, 0.717) is 6.42 Å². The van der Waals surface area contributed by atoms with Crippen molar-refractivity contribution in [3.63, 3.8) is 0 Å². The molecule has 0 unspecified atom stereocenters. The number of hydrogen-bond donors (Lipinski definition) is 0. The van der Waals surface area contributed by atoms with Gasteiger partial charge in [0, 0.05) is 6.42 Å². The summed E-state index contributed by atoms with van der Waals surface area (Å²) in [5.41, 5.74) is 3.59. The smallest absolute Gasteiger partial charge is 0.313 e. The van der Waals surface area contributed by atoms with E-state index < -0.39 is 5.97 Å². The molecule has 0 aliphatic rings. The fourth-order valence-corrected chi connectivity index (χ4v) is 2.87. The minimum atomic E-state index is -0.462. The Hall–Kier alpha value is -2.20. The Morgan fingerprint density at radius 2 is 2.09 bits per heavy atom. The molecular formula is C19H20O3S. The van der Waals surface area contributed by atoms with Crippen molar-refractivity contribution in [1.82, 2.24) is 0 Å². The van der Waals surface area contributed by atoms with Crippen LogP contribution in [-0.2, 0) is 14.3 Å². The van der Waals surface area contributed by atoms with Gasteiger partial charge in [0.05, 0.1) is 7.11 Å². The second kappa shape index (κ2) is 9.06. The van der Waals surface area contributed by atoms with E-state index in [9.17, 15) is 9.59 Å². The highest BCUT2D eigenvalue weighted by atomic mass is 32.1. The van der Waals surface area contributed by atoms with Crippen molar-refractivity contribution in [2.75, 3.05) is 7.11 Å². The molecule has 3 nitrogen and oxygen atoms in total. The summed E-state index contributed by atoms with van der Waals surface area (Å²) in [6.07, 6.45) is 5.99. The summed E-state index contributed by atoms with van der Waals surface area (Å²) >= 11 is 1.69. The molecule has 0 atom stereocenters. The Labute approximate surface area is 140 Å². The van der Waals surface area contributed by atoms with Crippen molar-refractivity contribution in [2.24, 2.45) is 0 Å². The van der Waals surface area contributed by atoms with E-state index in [0.717, 1.165) is 18.4 Å². The largest absolute Gasteiger partial charge is 0.469 e. The molecule has 120 valence electrons. The number of carbonyl (C=O) groups is 2. The second-order valence-electron chi connectivity index (χ2n) is 5.22. The van der Waals surface area contributed by atoms with Crippen LogP contribution in [0.2, 0.25) is 0 Å². The molecule has 1 aromatic heterocycles. The lowest BCUT2D eigenvalue weighted by molar-refractivity contribution is -0.143. The zero-order chi connectivity index (χ0) is 16.5. The monoisotopic (exact) mass is 328 g/mol. The Balaban J connectivity index is 1.79. The fraction of sp³-hybridized carbons (Fsp3) is 0.263.